The maximum atomic E-state index is 13.9. The minimum Gasteiger partial charge on any atom is -0.468 e. The van der Waals surface area contributed by atoms with E-state index in [1.54, 1.807) is 35.2 Å². The van der Waals surface area contributed by atoms with Gasteiger partial charge >= 0.3 is 12.1 Å². The zero-order chi connectivity index (χ0) is 25.6. The summed E-state index contributed by atoms with van der Waals surface area (Å²) in [5.74, 6) is -3.37. The van der Waals surface area contributed by atoms with Gasteiger partial charge in [0.2, 0.25) is 5.91 Å². The second kappa shape index (κ2) is 9.09. The summed E-state index contributed by atoms with van der Waals surface area (Å²) in [6.45, 7) is 0.556. The lowest BCUT2D eigenvalue weighted by Crippen LogP contribution is -2.54. The Morgan fingerprint density at radius 2 is 1.64 bits per heavy atom. The summed E-state index contributed by atoms with van der Waals surface area (Å²) in [7, 11) is -1.70. The third-order valence-electron chi connectivity index (χ3n) is 7.27. The molecule has 0 spiro atoms. The number of sulfone groups is 1. The highest BCUT2D eigenvalue weighted by Crippen LogP contribution is 2.44. The van der Waals surface area contributed by atoms with Crippen LogP contribution in [0.3, 0.4) is 0 Å². The molecule has 2 aromatic carbocycles. The summed E-state index contributed by atoms with van der Waals surface area (Å²) in [4.78, 5) is 41.8. The number of ether oxygens (including phenoxy) is 2. The minimum absolute atomic E-state index is 0.00629. The first-order valence-corrected chi connectivity index (χ1v) is 13.2. The van der Waals surface area contributed by atoms with Crippen molar-refractivity contribution in [2.45, 2.75) is 28.9 Å². The van der Waals surface area contributed by atoms with Crippen LogP contribution in [0.15, 0.2) is 59.5 Å². The fourth-order valence-corrected chi connectivity index (χ4v) is 7.68. The van der Waals surface area contributed by atoms with Crippen LogP contribution < -0.4 is 0 Å². The summed E-state index contributed by atoms with van der Waals surface area (Å²) in [5.41, 5.74) is 1.57. The molecular weight excluding hydrogens is 484 g/mol. The van der Waals surface area contributed by atoms with Crippen LogP contribution in [-0.4, -0.2) is 68.4 Å². The first-order valence-electron chi connectivity index (χ1n) is 11.7. The third kappa shape index (κ3) is 3.59. The Bertz CT molecular complexity index is 1460. The number of nitrogens with zero attached hydrogens (tertiary/aromatic N) is 2. The molecule has 1 amide bonds. The van der Waals surface area contributed by atoms with E-state index < -0.39 is 44.9 Å². The van der Waals surface area contributed by atoms with Crippen LogP contribution in [-0.2, 0) is 35.3 Å². The van der Waals surface area contributed by atoms with E-state index in [1.165, 1.54) is 30.9 Å². The van der Waals surface area contributed by atoms with E-state index in [-0.39, 0.29) is 17.9 Å². The summed E-state index contributed by atoms with van der Waals surface area (Å²) in [5, 5.41) is -0.767. The number of aromatic nitrogens is 1. The Morgan fingerprint density at radius 3 is 2.33 bits per heavy atom. The van der Waals surface area contributed by atoms with Crippen molar-refractivity contribution in [3.63, 3.8) is 0 Å². The zero-order valence-electron chi connectivity index (χ0n) is 19.9. The van der Waals surface area contributed by atoms with E-state index in [9.17, 15) is 22.8 Å². The first-order chi connectivity index (χ1) is 17.3. The van der Waals surface area contributed by atoms with Gasteiger partial charge in [-0.15, -0.1) is 0 Å². The summed E-state index contributed by atoms with van der Waals surface area (Å²) >= 11 is 0. The number of para-hydroxylation sites is 1. The molecule has 1 aromatic heterocycles. The van der Waals surface area contributed by atoms with E-state index >= 15 is 0 Å². The lowest BCUT2D eigenvalue weighted by Gasteiger charge is -2.39. The molecule has 4 heterocycles. The molecule has 3 aliphatic heterocycles. The molecule has 2 bridgehead atoms. The highest BCUT2D eigenvalue weighted by atomic mass is 32.2. The summed E-state index contributed by atoms with van der Waals surface area (Å²) < 4.78 is 39.3. The molecule has 3 unspecified atom stereocenters. The van der Waals surface area contributed by atoms with Crippen LogP contribution in [0.1, 0.15) is 23.6 Å². The maximum Gasteiger partial charge on any atom is 0.418 e. The molecule has 36 heavy (non-hydrogen) atoms. The fraction of sp³-hybridized carbons (Fsp3) is 0.346. The molecule has 10 heteroatoms. The van der Waals surface area contributed by atoms with Crippen LogP contribution in [0.25, 0.3) is 10.9 Å². The smallest absolute Gasteiger partial charge is 0.418 e. The largest absolute Gasteiger partial charge is 0.468 e. The second-order valence-corrected chi connectivity index (χ2v) is 11.1. The second-order valence-electron chi connectivity index (χ2n) is 8.99. The minimum atomic E-state index is -4.17. The Morgan fingerprint density at radius 1 is 0.944 bits per heavy atom. The van der Waals surface area contributed by atoms with Gasteiger partial charge in [0.25, 0.3) is 0 Å². The van der Waals surface area contributed by atoms with Crippen LogP contribution in [0.2, 0.25) is 0 Å². The number of amides is 1. The number of hydrogen-bond acceptors (Lipinski definition) is 7. The fourth-order valence-electron chi connectivity index (χ4n) is 5.68. The van der Waals surface area contributed by atoms with Gasteiger partial charge in [0.15, 0.2) is 9.84 Å². The number of benzene rings is 2. The molecular formula is C26H26N2O7S. The predicted molar refractivity (Wildman–Crippen MR) is 130 cm³/mol. The lowest BCUT2D eigenvalue weighted by atomic mass is 9.80. The molecule has 0 N–H and O–H groups in total. The predicted octanol–water partition coefficient (Wildman–Crippen LogP) is 2.76. The Hall–Kier alpha value is -3.66. The van der Waals surface area contributed by atoms with Crippen molar-refractivity contribution in [2.24, 2.45) is 5.92 Å². The maximum absolute atomic E-state index is 13.9. The van der Waals surface area contributed by atoms with E-state index in [4.69, 9.17) is 9.47 Å². The van der Waals surface area contributed by atoms with Crippen LogP contribution >= 0.6 is 0 Å². The standard InChI is InChI=1S/C26H26N2O7S/c1-34-25(30)21-19-13-15-27(24(29)23(19)36(32,33)16-8-4-3-5-9-16)14-12-18-17-10-6-7-11-20(17)28(22(18)21)26(31)35-2/h3-11,19,21,23H,12-15H2,1-2H3. The molecule has 3 atom stereocenters. The van der Waals surface area contributed by atoms with E-state index in [1.807, 2.05) is 12.1 Å². The molecule has 0 aliphatic carbocycles. The van der Waals surface area contributed by atoms with Gasteiger partial charge in [0, 0.05) is 30.1 Å². The molecule has 1 saturated heterocycles. The SMILES string of the molecule is COC(=O)C1c2c(c3ccccc3n2C(=O)OC)CCN2CCC1C(S(=O)(=O)c1ccccc1)C2=O. The van der Waals surface area contributed by atoms with Gasteiger partial charge in [-0.1, -0.05) is 36.4 Å². The van der Waals surface area contributed by atoms with Gasteiger partial charge in [0.1, 0.15) is 11.2 Å². The molecule has 3 aliphatic rings. The van der Waals surface area contributed by atoms with Crippen molar-refractivity contribution in [1.82, 2.24) is 9.47 Å². The molecule has 188 valence electrons. The summed E-state index contributed by atoms with van der Waals surface area (Å²) in [6, 6.07) is 15.0. The lowest BCUT2D eigenvalue weighted by molar-refractivity contribution is -0.145. The monoisotopic (exact) mass is 510 g/mol. The topological polar surface area (TPSA) is 112 Å². The normalized spacial score (nSPS) is 21.9. The van der Waals surface area contributed by atoms with Crippen LogP contribution in [0, 0.1) is 5.92 Å². The van der Waals surface area contributed by atoms with Gasteiger partial charge in [-0.2, -0.15) is 0 Å². The first kappa shape index (κ1) is 24.1. The van der Waals surface area contributed by atoms with Crippen molar-refractivity contribution < 1.29 is 32.3 Å². The van der Waals surface area contributed by atoms with Crippen molar-refractivity contribution in [1.29, 1.82) is 0 Å². The van der Waals surface area contributed by atoms with Crippen molar-refractivity contribution >= 4 is 38.7 Å². The van der Waals surface area contributed by atoms with E-state index in [2.05, 4.69) is 0 Å². The quantitative estimate of drug-likeness (QED) is 0.498. The molecule has 3 aromatic rings. The number of hydrogen-bond donors (Lipinski definition) is 0. The molecule has 1 fully saturated rings. The molecule has 0 saturated carbocycles. The number of carbonyl (C=O) groups excluding carboxylic acids is 3. The van der Waals surface area contributed by atoms with E-state index in [0.29, 0.717) is 29.7 Å². The Balaban J connectivity index is 1.82. The molecule has 0 radical (unpaired) electrons. The van der Waals surface area contributed by atoms with Crippen LogP contribution in [0.4, 0.5) is 4.79 Å². The summed E-state index contributed by atoms with van der Waals surface area (Å²) in [6.07, 6.45) is -0.113. The van der Waals surface area contributed by atoms with Crippen molar-refractivity contribution in [2.75, 3.05) is 27.3 Å². The van der Waals surface area contributed by atoms with Gasteiger partial charge in [-0.25, -0.2) is 17.8 Å². The van der Waals surface area contributed by atoms with Gasteiger partial charge in [-0.3, -0.25) is 9.59 Å². The van der Waals surface area contributed by atoms with Gasteiger partial charge < -0.3 is 14.4 Å². The van der Waals surface area contributed by atoms with Crippen molar-refractivity contribution in [3.05, 3.63) is 65.9 Å². The van der Waals surface area contributed by atoms with Gasteiger partial charge in [-0.05, 0) is 36.6 Å². The number of fused-ring (bicyclic) bond motifs is 4. The van der Waals surface area contributed by atoms with Gasteiger partial charge in [0.05, 0.1) is 24.6 Å². The van der Waals surface area contributed by atoms with Crippen LogP contribution in [0.5, 0.6) is 0 Å². The zero-order valence-corrected chi connectivity index (χ0v) is 20.7. The Labute approximate surface area is 208 Å². The van der Waals surface area contributed by atoms with E-state index in [0.717, 1.165) is 5.39 Å². The third-order valence-corrected chi connectivity index (χ3v) is 9.42. The average Bonchev–Trinajstić information content (AvgIpc) is 3.26. The number of methoxy groups -OCH3 is 2. The average molecular weight is 511 g/mol. The highest BCUT2D eigenvalue weighted by molar-refractivity contribution is 7.92. The molecule has 9 nitrogen and oxygen atoms in total. The molecule has 6 rings (SSSR count). The number of esters is 1. The number of piperidine rings is 1. The number of rotatable bonds is 3. The highest BCUT2D eigenvalue weighted by Gasteiger charge is 2.53. The number of carbonyl (C=O) groups is 3. The Kier molecular flexibility index (Phi) is 6.07. The van der Waals surface area contributed by atoms with Crippen molar-refractivity contribution in [3.8, 4) is 0 Å².